The van der Waals surface area contributed by atoms with Crippen LogP contribution in [0.2, 0.25) is 0 Å². The van der Waals surface area contributed by atoms with Crippen molar-refractivity contribution in [2.24, 2.45) is 0 Å². The minimum atomic E-state index is -0.727. The van der Waals surface area contributed by atoms with Crippen molar-refractivity contribution in [2.45, 2.75) is 11.8 Å². The second-order valence-electron chi connectivity index (χ2n) is 5.10. The number of hydrogen-bond acceptors (Lipinski definition) is 3. The first-order valence-electron chi connectivity index (χ1n) is 6.75. The fraction of sp³-hybridized carbons (Fsp3) is 0.294. The Morgan fingerprint density at radius 2 is 1.71 bits per heavy atom. The topological polar surface area (TPSA) is 49.7 Å². The van der Waals surface area contributed by atoms with Crippen molar-refractivity contribution in [3.8, 4) is 5.75 Å². The highest BCUT2D eigenvalue weighted by atomic mass is 79.9. The number of aliphatic hydroxyl groups is 2. The van der Waals surface area contributed by atoms with Crippen molar-refractivity contribution in [3.63, 3.8) is 0 Å². The van der Waals surface area contributed by atoms with Gasteiger partial charge in [0, 0.05) is 9.89 Å². The molecule has 112 valence electrons. The highest BCUT2D eigenvalue weighted by Crippen LogP contribution is 2.33. The molecule has 0 heterocycles. The number of halogens is 1. The minimum absolute atomic E-state index is 0.136. The molecular formula is C17H19BrO3. The van der Waals surface area contributed by atoms with E-state index in [2.05, 4.69) is 15.9 Å². The Balaban J connectivity index is 2.44. The first kappa shape index (κ1) is 16.0. The third-order valence-corrected chi connectivity index (χ3v) is 4.26. The van der Waals surface area contributed by atoms with Gasteiger partial charge in [-0.15, -0.1) is 0 Å². The lowest BCUT2D eigenvalue weighted by Crippen LogP contribution is -2.37. The van der Waals surface area contributed by atoms with E-state index >= 15 is 0 Å². The maximum Gasteiger partial charge on any atom is 0.122 e. The van der Waals surface area contributed by atoms with Crippen LogP contribution in [0.25, 0.3) is 0 Å². The Morgan fingerprint density at radius 3 is 2.29 bits per heavy atom. The smallest absolute Gasteiger partial charge is 0.122 e. The van der Waals surface area contributed by atoms with Crippen LogP contribution in [0.5, 0.6) is 5.75 Å². The maximum absolute atomic E-state index is 9.91. The van der Waals surface area contributed by atoms with Crippen LogP contribution in [-0.4, -0.2) is 30.5 Å². The average Bonchev–Trinajstić information content (AvgIpc) is 2.54. The van der Waals surface area contributed by atoms with E-state index in [1.807, 2.05) is 48.5 Å². The number of ether oxygens (including phenoxy) is 1. The molecule has 0 aromatic heterocycles. The van der Waals surface area contributed by atoms with Crippen LogP contribution in [0, 0.1) is 0 Å². The van der Waals surface area contributed by atoms with E-state index in [9.17, 15) is 10.2 Å². The van der Waals surface area contributed by atoms with Gasteiger partial charge in [0.05, 0.1) is 20.3 Å². The molecule has 2 aromatic rings. The van der Waals surface area contributed by atoms with E-state index in [4.69, 9.17) is 4.74 Å². The molecule has 0 spiro atoms. The Labute approximate surface area is 133 Å². The summed E-state index contributed by atoms with van der Waals surface area (Å²) in [7, 11) is 1.62. The summed E-state index contributed by atoms with van der Waals surface area (Å²) in [6.45, 7) is -0.271. The minimum Gasteiger partial charge on any atom is -0.496 e. The van der Waals surface area contributed by atoms with Crippen LogP contribution in [-0.2, 0) is 11.8 Å². The van der Waals surface area contributed by atoms with Crippen LogP contribution in [0.1, 0.15) is 11.1 Å². The summed E-state index contributed by atoms with van der Waals surface area (Å²) >= 11 is 3.45. The summed E-state index contributed by atoms with van der Waals surface area (Å²) < 4.78 is 6.33. The van der Waals surface area contributed by atoms with Crippen molar-refractivity contribution >= 4 is 15.9 Å². The van der Waals surface area contributed by atoms with E-state index in [0.29, 0.717) is 6.42 Å². The summed E-state index contributed by atoms with van der Waals surface area (Å²) in [6.07, 6.45) is 0.493. The lowest BCUT2D eigenvalue weighted by atomic mass is 9.76. The van der Waals surface area contributed by atoms with Gasteiger partial charge in [0.25, 0.3) is 0 Å². The van der Waals surface area contributed by atoms with Crippen LogP contribution in [0.4, 0.5) is 0 Å². The molecule has 0 aliphatic carbocycles. The Bertz CT molecular complexity index is 580. The van der Waals surface area contributed by atoms with Crippen molar-refractivity contribution in [1.82, 2.24) is 0 Å². The zero-order valence-electron chi connectivity index (χ0n) is 11.9. The van der Waals surface area contributed by atoms with Crippen LogP contribution >= 0.6 is 15.9 Å². The molecule has 2 N–H and O–H groups in total. The third kappa shape index (κ3) is 3.46. The van der Waals surface area contributed by atoms with E-state index in [1.54, 1.807) is 7.11 Å². The first-order chi connectivity index (χ1) is 10.1. The van der Waals surface area contributed by atoms with Crippen molar-refractivity contribution in [3.05, 3.63) is 64.1 Å². The predicted octanol–water partition coefficient (Wildman–Crippen LogP) is 2.92. The molecule has 0 atom stereocenters. The molecular weight excluding hydrogens is 332 g/mol. The van der Waals surface area contributed by atoms with Crippen molar-refractivity contribution in [2.75, 3.05) is 20.3 Å². The van der Waals surface area contributed by atoms with Gasteiger partial charge in [-0.05, 0) is 35.7 Å². The highest BCUT2D eigenvalue weighted by molar-refractivity contribution is 9.10. The zero-order chi connectivity index (χ0) is 15.3. The van der Waals surface area contributed by atoms with Gasteiger partial charge in [0.2, 0.25) is 0 Å². The van der Waals surface area contributed by atoms with Gasteiger partial charge >= 0.3 is 0 Å². The van der Waals surface area contributed by atoms with Gasteiger partial charge < -0.3 is 14.9 Å². The lowest BCUT2D eigenvalue weighted by Gasteiger charge is -2.31. The van der Waals surface area contributed by atoms with Gasteiger partial charge in [-0.3, -0.25) is 0 Å². The molecule has 0 unspecified atom stereocenters. The van der Waals surface area contributed by atoms with Gasteiger partial charge in [-0.1, -0.05) is 46.3 Å². The van der Waals surface area contributed by atoms with Gasteiger partial charge in [0.15, 0.2) is 0 Å². The first-order valence-corrected chi connectivity index (χ1v) is 7.54. The largest absolute Gasteiger partial charge is 0.496 e. The number of benzene rings is 2. The van der Waals surface area contributed by atoms with Crippen LogP contribution < -0.4 is 4.74 Å². The number of hydrogen-bond donors (Lipinski definition) is 2. The normalized spacial score (nSPS) is 11.4. The lowest BCUT2D eigenvalue weighted by molar-refractivity contribution is 0.115. The van der Waals surface area contributed by atoms with Gasteiger partial charge in [-0.2, -0.15) is 0 Å². The molecule has 0 aliphatic heterocycles. The summed E-state index contributed by atoms with van der Waals surface area (Å²) in [5, 5.41) is 19.8. The second-order valence-corrected chi connectivity index (χ2v) is 6.01. The monoisotopic (exact) mass is 350 g/mol. The summed E-state index contributed by atoms with van der Waals surface area (Å²) in [5.41, 5.74) is 1.13. The molecule has 0 amide bonds. The standard InChI is InChI=1S/C17H19BrO3/c1-21-16-8-7-15(18)9-13(16)10-17(11-19,12-20)14-5-3-2-4-6-14/h2-9,19-20H,10-12H2,1H3. The highest BCUT2D eigenvalue weighted by Gasteiger charge is 2.32. The SMILES string of the molecule is COc1ccc(Br)cc1CC(CO)(CO)c1ccccc1. The summed E-state index contributed by atoms with van der Waals surface area (Å²) in [4.78, 5) is 0. The molecule has 2 aromatic carbocycles. The molecule has 0 aliphatic rings. The third-order valence-electron chi connectivity index (χ3n) is 3.76. The quantitative estimate of drug-likeness (QED) is 0.841. The fourth-order valence-electron chi connectivity index (χ4n) is 2.49. The van der Waals surface area contributed by atoms with E-state index in [0.717, 1.165) is 21.3 Å². The molecule has 4 heteroatoms. The number of methoxy groups -OCH3 is 1. The average molecular weight is 351 g/mol. The molecule has 2 rings (SSSR count). The number of rotatable bonds is 6. The van der Waals surface area contributed by atoms with Crippen molar-refractivity contribution in [1.29, 1.82) is 0 Å². The molecule has 21 heavy (non-hydrogen) atoms. The Morgan fingerprint density at radius 1 is 1.05 bits per heavy atom. The van der Waals surface area contributed by atoms with Gasteiger partial charge in [-0.25, -0.2) is 0 Å². The summed E-state index contributed by atoms with van der Waals surface area (Å²) in [6, 6.07) is 15.3. The summed E-state index contributed by atoms with van der Waals surface area (Å²) in [5.74, 6) is 0.750. The van der Waals surface area contributed by atoms with E-state index < -0.39 is 5.41 Å². The fourth-order valence-corrected chi connectivity index (χ4v) is 2.90. The maximum atomic E-state index is 9.91. The predicted molar refractivity (Wildman–Crippen MR) is 86.7 cm³/mol. The van der Waals surface area contributed by atoms with Crippen LogP contribution in [0.3, 0.4) is 0 Å². The molecule has 3 nitrogen and oxygen atoms in total. The van der Waals surface area contributed by atoms with E-state index in [1.165, 1.54) is 0 Å². The number of aliphatic hydroxyl groups excluding tert-OH is 2. The Hall–Kier alpha value is -1.36. The molecule has 0 bridgehead atoms. The van der Waals surface area contributed by atoms with Gasteiger partial charge in [0.1, 0.15) is 5.75 Å². The van der Waals surface area contributed by atoms with Crippen molar-refractivity contribution < 1.29 is 14.9 Å². The molecule has 0 radical (unpaired) electrons. The molecule has 0 fully saturated rings. The zero-order valence-corrected chi connectivity index (χ0v) is 13.5. The second kappa shape index (κ2) is 7.07. The molecule has 0 saturated carbocycles. The van der Waals surface area contributed by atoms with E-state index in [-0.39, 0.29) is 13.2 Å². The molecule has 0 saturated heterocycles. The van der Waals surface area contributed by atoms with Crippen LogP contribution in [0.15, 0.2) is 53.0 Å². The Kier molecular flexibility index (Phi) is 5.39.